The molecule has 0 radical (unpaired) electrons. The van der Waals surface area contributed by atoms with Crippen LogP contribution >= 0.6 is 0 Å². The smallest absolute Gasteiger partial charge is 0.193 e. The summed E-state index contributed by atoms with van der Waals surface area (Å²) in [4.78, 5) is 12.4. The summed E-state index contributed by atoms with van der Waals surface area (Å²) in [5, 5.41) is 0. The van der Waals surface area contributed by atoms with E-state index in [4.69, 9.17) is 5.73 Å². The first-order valence-electron chi connectivity index (χ1n) is 7.25. The van der Waals surface area contributed by atoms with E-state index in [1.807, 2.05) is 42.5 Å². The highest BCUT2D eigenvalue weighted by Gasteiger charge is 2.08. The van der Waals surface area contributed by atoms with Crippen molar-refractivity contribution in [3.05, 3.63) is 101 Å². The van der Waals surface area contributed by atoms with Gasteiger partial charge in [0.15, 0.2) is 5.78 Å². The highest BCUT2D eigenvalue weighted by atomic mass is 16.1. The van der Waals surface area contributed by atoms with E-state index in [1.165, 1.54) is 11.1 Å². The fourth-order valence-corrected chi connectivity index (χ4v) is 2.41. The molecule has 0 aliphatic carbocycles. The van der Waals surface area contributed by atoms with E-state index in [9.17, 15) is 4.79 Å². The van der Waals surface area contributed by atoms with Gasteiger partial charge in [-0.1, -0.05) is 54.6 Å². The van der Waals surface area contributed by atoms with Gasteiger partial charge in [0.25, 0.3) is 0 Å². The van der Waals surface area contributed by atoms with Gasteiger partial charge < -0.3 is 5.73 Å². The maximum Gasteiger partial charge on any atom is 0.193 e. The highest BCUT2D eigenvalue weighted by molar-refractivity contribution is 6.09. The van der Waals surface area contributed by atoms with Gasteiger partial charge in [0.05, 0.1) is 0 Å². The summed E-state index contributed by atoms with van der Waals surface area (Å²) in [7, 11) is 0. The Balaban J connectivity index is 1.76. The molecule has 0 saturated heterocycles. The number of nitrogens with two attached hydrogens (primary N) is 1. The minimum Gasteiger partial charge on any atom is -0.399 e. The lowest BCUT2D eigenvalue weighted by atomic mass is 9.99. The summed E-state index contributed by atoms with van der Waals surface area (Å²) in [5.74, 6) is 0.0197. The SMILES string of the molecule is Nc1ccc(C(=O)c2ccc(Cc3ccccc3)cc2)cc1. The van der Waals surface area contributed by atoms with Crippen LogP contribution in [0.4, 0.5) is 5.69 Å². The van der Waals surface area contributed by atoms with Crippen molar-refractivity contribution in [3.8, 4) is 0 Å². The molecule has 0 aliphatic rings. The summed E-state index contributed by atoms with van der Waals surface area (Å²) in [6.45, 7) is 0. The number of hydrogen-bond acceptors (Lipinski definition) is 2. The van der Waals surface area contributed by atoms with Crippen LogP contribution < -0.4 is 5.73 Å². The molecule has 3 aromatic rings. The second kappa shape index (κ2) is 6.27. The van der Waals surface area contributed by atoms with Gasteiger partial charge in [-0.25, -0.2) is 0 Å². The van der Waals surface area contributed by atoms with Crippen LogP contribution in [0.3, 0.4) is 0 Å². The van der Waals surface area contributed by atoms with E-state index >= 15 is 0 Å². The summed E-state index contributed by atoms with van der Waals surface area (Å²) >= 11 is 0. The molecular weight excluding hydrogens is 270 g/mol. The Hall–Kier alpha value is -2.87. The Morgan fingerprint density at radius 3 is 1.77 bits per heavy atom. The summed E-state index contributed by atoms with van der Waals surface area (Å²) in [6, 6.07) is 25.1. The van der Waals surface area contributed by atoms with Crippen molar-refractivity contribution < 1.29 is 4.79 Å². The molecule has 3 aromatic carbocycles. The fourth-order valence-electron chi connectivity index (χ4n) is 2.41. The number of benzene rings is 3. The van der Waals surface area contributed by atoms with Gasteiger partial charge in [-0.3, -0.25) is 4.79 Å². The van der Waals surface area contributed by atoms with Gasteiger partial charge in [-0.2, -0.15) is 0 Å². The number of rotatable bonds is 4. The first-order valence-corrected chi connectivity index (χ1v) is 7.25. The monoisotopic (exact) mass is 287 g/mol. The first-order chi connectivity index (χ1) is 10.7. The van der Waals surface area contributed by atoms with Crippen LogP contribution in [0.25, 0.3) is 0 Å². The van der Waals surface area contributed by atoms with Crippen LogP contribution in [0.1, 0.15) is 27.0 Å². The molecule has 108 valence electrons. The summed E-state index contributed by atoms with van der Waals surface area (Å²) in [5.41, 5.74) is 10.1. The molecule has 22 heavy (non-hydrogen) atoms. The molecule has 0 spiro atoms. The number of anilines is 1. The zero-order valence-electron chi connectivity index (χ0n) is 12.2. The van der Waals surface area contributed by atoms with E-state index in [0.29, 0.717) is 16.8 Å². The zero-order chi connectivity index (χ0) is 15.4. The fraction of sp³-hybridized carbons (Fsp3) is 0.0500. The van der Waals surface area contributed by atoms with Gasteiger partial charge in [-0.05, 0) is 41.8 Å². The van der Waals surface area contributed by atoms with Crippen LogP contribution in [-0.2, 0) is 6.42 Å². The Labute approximate surface area is 130 Å². The topological polar surface area (TPSA) is 43.1 Å². The zero-order valence-corrected chi connectivity index (χ0v) is 12.2. The molecule has 0 aliphatic heterocycles. The first kappa shape index (κ1) is 14.1. The van der Waals surface area contributed by atoms with Crippen LogP contribution in [0.15, 0.2) is 78.9 Å². The number of ketones is 1. The molecule has 0 atom stereocenters. The molecule has 0 fully saturated rings. The van der Waals surface area contributed by atoms with Crippen molar-refractivity contribution >= 4 is 11.5 Å². The Morgan fingerprint density at radius 1 is 0.682 bits per heavy atom. The standard InChI is InChI=1S/C20H17NO/c21-19-12-10-18(11-13-19)20(22)17-8-6-16(7-9-17)14-15-4-2-1-3-5-15/h1-13H,14,21H2. The predicted molar refractivity (Wildman–Crippen MR) is 90.0 cm³/mol. The maximum absolute atomic E-state index is 12.4. The normalized spacial score (nSPS) is 10.4. The Bertz CT molecular complexity index is 759. The van der Waals surface area contributed by atoms with E-state index in [-0.39, 0.29) is 5.78 Å². The third kappa shape index (κ3) is 3.23. The van der Waals surface area contributed by atoms with Crippen molar-refractivity contribution in [2.75, 3.05) is 5.73 Å². The van der Waals surface area contributed by atoms with Gasteiger partial charge in [0.2, 0.25) is 0 Å². The highest BCUT2D eigenvalue weighted by Crippen LogP contribution is 2.15. The molecule has 2 N–H and O–H groups in total. The van der Waals surface area contributed by atoms with E-state index in [1.54, 1.807) is 24.3 Å². The van der Waals surface area contributed by atoms with Crippen LogP contribution in [0.5, 0.6) is 0 Å². The number of carbonyl (C=O) groups is 1. The minimum absolute atomic E-state index is 0.0197. The van der Waals surface area contributed by atoms with Crippen LogP contribution in [-0.4, -0.2) is 5.78 Å². The van der Waals surface area contributed by atoms with Crippen LogP contribution in [0.2, 0.25) is 0 Å². The van der Waals surface area contributed by atoms with Gasteiger partial charge >= 0.3 is 0 Å². The summed E-state index contributed by atoms with van der Waals surface area (Å²) < 4.78 is 0. The van der Waals surface area contributed by atoms with E-state index in [2.05, 4.69) is 12.1 Å². The summed E-state index contributed by atoms with van der Waals surface area (Å²) in [6.07, 6.45) is 0.872. The second-order valence-corrected chi connectivity index (χ2v) is 5.31. The number of hydrogen-bond donors (Lipinski definition) is 1. The Morgan fingerprint density at radius 2 is 1.18 bits per heavy atom. The quantitative estimate of drug-likeness (QED) is 0.580. The molecule has 2 nitrogen and oxygen atoms in total. The van der Waals surface area contributed by atoms with Crippen molar-refractivity contribution in [1.82, 2.24) is 0 Å². The average molecular weight is 287 g/mol. The lowest BCUT2D eigenvalue weighted by molar-refractivity contribution is 0.103. The Kier molecular flexibility index (Phi) is 4.01. The van der Waals surface area contributed by atoms with E-state index in [0.717, 1.165) is 6.42 Å². The van der Waals surface area contributed by atoms with Crippen molar-refractivity contribution in [1.29, 1.82) is 0 Å². The van der Waals surface area contributed by atoms with Gasteiger partial charge in [-0.15, -0.1) is 0 Å². The van der Waals surface area contributed by atoms with E-state index < -0.39 is 0 Å². The second-order valence-electron chi connectivity index (χ2n) is 5.31. The van der Waals surface area contributed by atoms with Crippen molar-refractivity contribution in [3.63, 3.8) is 0 Å². The maximum atomic E-state index is 12.4. The molecule has 2 heteroatoms. The molecule has 0 saturated carbocycles. The molecule has 0 aromatic heterocycles. The number of carbonyl (C=O) groups excluding carboxylic acids is 1. The van der Waals surface area contributed by atoms with Crippen LogP contribution in [0, 0.1) is 0 Å². The van der Waals surface area contributed by atoms with Crippen molar-refractivity contribution in [2.45, 2.75) is 6.42 Å². The third-order valence-corrected chi connectivity index (χ3v) is 3.64. The average Bonchev–Trinajstić information content (AvgIpc) is 2.57. The molecular formula is C20H17NO. The lowest BCUT2D eigenvalue weighted by Crippen LogP contribution is -2.01. The lowest BCUT2D eigenvalue weighted by Gasteiger charge is -2.05. The molecule has 0 unspecified atom stereocenters. The molecule has 0 amide bonds. The van der Waals surface area contributed by atoms with Gasteiger partial charge in [0, 0.05) is 16.8 Å². The molecule has 0 bridgehead atoms. The van der Waals surface area contributed by atoms with Gasteiger partial charge in [0.1, 0.15) is 0 Å². The minimum atomic E-state index is 0.0197. The molecule has 3 rings (SSSR count). The number of nitrogen functional groups attached to an aromatic ring is 1. The molecule has 0 heterocycles. The largest absolute Gasteiger partial charge is 0.399 e. The van der Waals surface area contributed by atoms with Crippen molar-refractivity contribution in [2.24, 2.45) is 0 Å². The third-order valence-electron chi connectivity index (χ3n) is 3.64. The predicted octanol–water partition coefficient (Wildman–Crippen LogP) is 4.09.